The molecule has 3 nitrogen and oxygen atoms in total. The third-order valence-electron chi connectivity index (χ3n) is 3.90. The summed E-state index contributed by atoms with van der Waals surface area (Å²) in [5, 5.41) is 3.59. The molecular formula is C16H27N3. The van der Waals surface area contributed by atoms with Crippen LogP contribution < -0.4 is 10.2 Å². The predicted molar refractivity (Wildman–Crippen MR) is 81.4 cm³/mol. The molecule has 1 fully saturated rings. The van der Waals surface area contributed by atoms with Gasteiger partial charge < -0.3 is 10.2 Å². The maximum Gasteiger partial charge on any atom is 0.0598 e. The van der Waals surface area contributed by atoms with Gasteiger partial charge in [0.25, 0.3) is 0 Å². The van der Waals surface area contributed by atoms with Crippen molar-refractivity contribution in [3.8, 4) is 0 Å². The van der Waals surface area contributed by atoms with Gasteiger partial charge in [0, 0.05) is 31.9 Å². The van der Waals surface area contributed by atoms with Crippen molar-refractivity contribution in [1.29, 1.82) is 0 Å². The Morgan fingerprint density at radius 3 is 2.74 bits per heavy atom. The fourth-order valence-corrected chi connectivity index (χ4v) is 2.50. The van der Waals surface area contributed by atoms with Gasteiger partial charge in [-0.2, -0.15) is 0 Å². The lowest BCUT2D eigenvalue weighted by Gasteiger charge is -2.30. The molecule has 1 N–H and O–H groups in total. The molecule has 1 saturated carbocycles. The molecule has 1 aromatic rings. The maximum atomic E-state index is 4.30. The topological polar surface area (TPSA) is 28.2 Å². The lowest BCUT2D eigenvalue weighted by molar-refractivity contribution is 0.502. The summed E-state index contributed by atoms with van der Waals surface area (Å²) in [7, 11) is 2.19. The molecule has 1 heterocycles. The summed E-state index contributed by atoms with van der Waals surface area (Å²) >= 11 is 0. The number of hydrogen-bond donors (Lipinski definition) is 1. The Morgan fingerprint density at radius 1 is 1.37 bits per heavy atom. The van der Waals surface area contributed by atoms with E-state index in [2.05, 4.69) is 49.1 Å². The van der Waals surface area contributed by atoms with E-state index < -0.39 is 0 Å². The molecule has 0 radical (unpaired) electrons. The van der Waals surface area contributed by atoms with Gasteiger partial charge in [-0.3, -0.25) is 4.98 Å². The zero-order chi connectivity index (χ0) is 13.8. The first kappa shape index (κ1) is 14.3. The minimum Gasteiger partial charge on any atom is -0.370 e. The largest absolute Gasteiger partial charge is 0.370 e. The molecule has 0 spiro atoms. The molecule has 1 aromatic heterocycles. The van der Waals surface area contributed by atoms with Crippen LogP contribution in [0.1, 0.15) is 45.6 Å². The number of aromatic nitrogens is 1. The molecule has 0 saturated heterocycles. The van der Waals surface area contributed by atoms with E-state index in [1.807, 2.05) is 12.4 Å². The fraction of sp³-hybridized carbons (Fsp3) is 0.688. The van der Waals surface area contributed by atoms with Gasteiger partial charge in [0.15, 0.2) is 0 Å². The first-order valence-electron chi connectivity index (χ1n) is 7.47. The van der Waals surface area contributed by atoms with E-state index in [9.17, 15) is 0 Å². The van der Waals surface area contributed by atoms with Crippen LogP contribution in [0.2, 0.25) is 0 Å². The quantitative estimate of drug-likeness (QED) is 0.817. The van der Waals surface area contributed by atoms with Crippen LogP contribution in [-0.4, -0.2) is 24.1 Å². The minimum atomic E-state index is 0.545. The average molecular weight is 261 g/mol. The zero-order valence-corrected chi connectivity index (χ0v) is 12.7. The van der Waals surface area contributed by atoms with Gasteiger partial charge in [-0.05, 0) is 43.7 Å². The van der Waals surface area contributed by atoms with Gasteiger partial charge in [0.1, 0.15) is 0 Å². The van der Waals surface area contributed by atoms with Crippen molar-refractivity contribution in [2.24, 2.45) is 5.92 Å². The molecule has 2 rings (SSSR count). The highest BCUT2D eigenvalue weighted by molar-refractivity contribution is 5.51. The SMILES string of the molecule is CC(C)CC(C)N(C)c1cnccc1CNC1CC1. The Morgan fingerprint density at radius 2 is 2.11 bits per heavy atom. The summed E-state index contributed by atoms with van der Waals surface area (Å²) < 4.78 is 0. The van der Waals surface area contributed by atoms with Crippen LogP contribution >= 0.6 is 0 Å². The van der Waals surface area contributed by atoms with E-state index in [-0.39, 0.29) is 0 Å². The van der Waals surface area contributed by atoms with E-state index in [1.165, 1.54) is 30.5 Å². The molecule has 1 unspecified atom stereocenters. The molecule has 1 atom stereocenters. The Labute approximate surface area is 117 Å². The van der Waals surface area contributed by atoms with Gasteiger partial charge in [0.2, 0.25) is 0 Å². The van der Waals surface area contributed by atoms with Crippen molar-refractivity contribution in [3.63, 3.8) is 0 Å². The normalized spacial score (nSPS) is 16.7. The van der Waals surface area contributed by atoms with E-state index >= 15 is 0 Å². The molecule has 0 amide bonds. The van der Waals surface area contributed by atoms with Crippen molar-refractivity contribution in [2.45, 2.75) is 58.7 Å². The van der Waals surface area contributed by atoms with Crippen LogP contribution in [0.5, 0.6) is 0 Å². The molecule has 0 bridgehead atoms. The highest BCUT2D eigenvalue weighted by Crippen LogP contribution is 2.24. The third kappa shape index (κ3) is 4.20. The zero-order valence-electron chi connectivity index (χ0n) is 12.7. The van der Waals surface area contributed by atoms with Crippen molar-refractivity contribution in [2.75, 3.05) is 11.9 Å². The number of hydrogen-bond acceptors (Lipinski definition) is 3. The van der Waals surface area contributed by atoms with E-state index in [1.54, 1.807) is 0 Å². The van der Waals surface area contributed by atoms with Crippen LogP contribution in [-0.2, 0) is 6.54 Å². The highest BCUT2D eigenvalue weighted by atomic mass is 15.1. The molecule has 0 aromatic carbocycles. The molecule has 0 aliphatic heterocycles. The molecule has 19 heavy (non-hydrogen) atoms. The summed E-state index contributed by atoms with van der Waals surface area (Å²) in [5.74, 6) is 0.724. The Kier molecular flexibility index (Phi) is 4.81. The van der Waals surface area contributed by atoms with Crippen LogP contribution in [0.4, 0.5) is 5.69 Å². The second kappa shape index (κ2) is 6.38. The lowest BCUT2D eigenvalue weighted by atomic mass is 10.0. The van der Waals surface area contributed by atoms with Gasteiger partial charge in [-0.25, -0.2) is 0 Å². The third-order valence-corrected chi connectivity index (χ3v) is 3.90. The fourth-order valence-electron chi connectivity index (χ4n) is 2.50. The summed E-state index contributed by atoms with van der Waals surface area (Å²) in [6, 6.07) is 3.44. The average Bonchev–Trinajstić information content (AvgIpc) is 3.19. The molecule has 1 aliphatic carbocycles. The molecule has 3 heteroatoms. The lowest BCUT2D eigenvalue weighted by Crippen LogP contribution is -2.31. The van der Waals surface area contributed by atoms with Gasteiger partial charge in [-0.1, -0.05) is 13.8 Å². The second-order valence-corrected chi connectivity index (χ2v) is 6.25. The van der Waals surface area contributed by atoms with Crippen molar-refractivity contribution >= 4 is 5.69 Å². The molecular weight excluding hydrogens is 234 g/mol. The Balaban J connectivity index is 2.03. The number of nitrogens with one attached hydrogen (secondary N) is 1. The standard InChI is InChI=1S/C16H27N3/c1-12(2)9-13(3)19(4)16-11-17-8-7-14(16)10-18-15-5-6-15/h7-8,11-13,15,18H,5-6,9-10H2,1-4H3. The smallest absolute Gasteiger partial charge is 0.0598 e. The predicted octanol–water partition coefficient (Wildman–Crippen LogP) is 3.20. The van der Waals surface area contributed by atoms with Crippen molar-refractivity contribution in [1.82, 2.24) is 10.3 Å². The second-order valence-electron chi connectivity index (χ2n) is 6.25. The summed E-state index contributed by atoms with van der Waals surface area (Å²) in [5.41, 5.74) is 2.63. The monoisotopic (exact) mass is 261 g/mol. The molecule has 1 aliphatic rings. The maximum absolute atomic E-state index is 4.30. The van der Waals surface area contributed by atoms with E-state index in [0.29, 0.717) is 6.04 Å². The van der Waals surface area contributed by atoms with Crippen LogP contribution in [0.15, 0.2) is 18.5 Å². The Bertz CT molecular complexity index is 399. The minimum absolute atomic E-state index is 0.545. The number of anilines is 1. The first-order valence-corrected chi connectivity index (χ1v) is 7.47. The van der Waals surface area contributed by atoms with E-state index in [4.69, 9.17) is 0 Å². The van der Waals surface area contributed by atoms with Crippen LogP contribution in [0.3, 0.4) is 0 Å². The first-order chi connectivity index (χ1) is 9.08. The van der Waals surface area contributed by atoms with Crippen LogP contribution in [0.25, 0.3) is 0 Å². The number of nitrogens with zero attached hydrogens (tertiary/aromatic N) is 2. The van der Waals surface area contributed by atoms with Gasteiger partial charge in [-0.15, -0.1) is 0 Å². The van der Waals surface area contributed by atoms with Crippen LogP contribution in [0, 0.1) is 5.92 Å². The van der Waals surface area contributed by atoms with Crippen molar-refractivity contribution < 1.29 is 0 Å². The van der Waals surface area contributed by atoms with E-state index in [0.717, 1.165) is 18.5 Å². The number of rotatable bonds is 7. The number of pyridine rings is 1. The highest BCUT2D eigenvalue weighted by Gasteiger charge is 2.21. The van der Waals surface area contributed by atoms with Crippen molar-refractivity contribution in [3.05, 3.63) is 24.0 Å². The Hall–Kier alpha value is -1.09. The van der Waals surface area contributed by atoms with Gasteiger partial charge in [0.05, 0.1) is 11.9 Å². The summed E-state index contributed by atoms with van der Waals surface area (Å²) in [6.07, 6.45) is 7.77. The summed E-state index contributed by atoms with van der Waals surface area (Å²) in [4.78, 5) is 6.67. The molecule has 106 valence electrons. The summed E-state index contributed by atoms with van der Waals surface area (Å²) in [6.45, 7) is 7.82. The van der Waals surface area contributed by atoms with Gasteiger partial charge >= 0.3 is 0 Å².